The number of pyridine rings is 1. The Morgan fingerprint density at radius 1 is 1.19 bits per heavy atom. The van der Waals surface area contributed by atoms with Crippen molar-refractivity contribution in [1.82, 2.24) is 20.1 Å². The number of nitrogens with zero attached hydrogens (tertiary/aromatic N) is 4. The highest BCUT2D eigenvalue weighted by Crippen LogP contribution is 2.30. The van der Waals surface area contributed by atoms with Crippen LogP contribution in [-0.4, -0.2) is 52.1 Å². The van der Waals surface area contributed by atoms with Crippen molar-refractivity contribution >= 4 is 17.6 Å². The van der Waals surface area contributed by atoms with Crippen LogP contribution in [0.3, 0.4) is 0 Å². The summed E-state index contributed by atoms with van der Waals surface area (Å²) in [5.74, 6) is -0.0373. The van der Waals surface area contributed by atoms with E-state index < -0.39 is 0 Å². The lowest BCUT2D eigenvalue weighted by molar-refractivity contribution is -0.135. The Morgan fingerprint density at radius 2 is 2.00 bits per heavy atom. The summed E-state index contributed by atoms with van der Waals surface area (Å²) in [5, 5.41) is 3.05. The molecule has 1 aromatic heterocycles. The molecule has 0 radical (unpaired) electrons. The zero-order chi connectivity index (χ0) is 18.1. The molecular weight excluding hydrogens is 330 g/mol. The van der Waals surface area contributed by atoms with Gasteiger partial charge in [-0.1, -0.05) is 30.3 Å². The molecule has 2 aliphatic rings. The summed E-state index contributed by atoms with van der Waals surface area (Å²) in [6.45, 7) is 3.55. The molecule has 0 aliphatic carbocycles. The number of amides is 3. The normalized spacial score (nSPS) is 22.9. The molecule has 1 N–H and O–H groups in total. The summed E-state index contributed by atoms with van der Waals surface area (Å²) in [6, 6.07) is 13.6. The molecular formula is C19H21N5O2. The molecule has 0 bridgehead atoms. The second-order valence-electron chi connectivity index (χ2n) is 6.56. The topological polar surface area (TPSA) is 68.8 Å². The van der Waals surface area contributed by atoms with E-state index in [1.807, 2.05) is 24.3 Å². The standard InChI is InChI=1S/C19H21N5O2/c1-14(25)23-11-10-22(13-15-6-3-2-4-7-15)17-18(23)24(19(26)21-17)16-8-5-9-20-12-16/h2-9,12,17-18H,10-11,13H2,1H3,(H,21,26). The van der Waals surface area contributed by atoms with Gasteiger partial charge >= 0.3 is 6.03 Å². The summed E-state index contributed by atoms with van der Waals surface area (Å²) < 4.78 is 0. The van der Waals surface area contributed by atoms with E-state index >= 15 is 0 Å². The lowest BCUT2D eigenvalue weighted by Crippen LogP contribution is -2.64. The number of carbonyl (C=O) groups is 2. The van der Waals surface area contributed by atoms with Crippen molar-refractivity contribution in [2.75, 3.05) is 18.0 Å². The van der Waals surface area contributed by atoms with Gasteiger partial charge < -0.3 is 10.2 Å². The highest BCUT2D eigenvalue weighted by Gasteiger charge is 2.49. The second kappa shape index (κ2) is 6.76. The van der Waals surface area contributed by atoms with Crippen molar-refractivity contribution in [3.05, 3.63) is 60.4 Å². The zero-order valence-corrected chi connectivity index (χ0v) is 14.6. The van der Waals surface area contributed by atoms with Crippen LogP contribution < -0.4 is 10.2 Å². The number of fused-ring (bicyclic) bond motifs is 1. The Labute approximate surface area is 152 Å². The van der Waals surface area contributed by atoms with Crippen LogP contribution in [0.2, 0.25) is 0 Å². The van der Waals surface area contributed by atoms with Gasteiger partial charge in [0.15, 0.2) is 0 Å². The third-order valence-electron chi connectivity index (χ3n) is 4.93. The Kier molecular flexibility index (Phi) is 4.30. The molecule has 1 aromatic carbocycles. The number of aromatic nitrogens is 1. The number of anilines is 1. The maximum atomic E-state index is 12.7. The monoisotopic (exact) mass is 351 g/mol. The van der Waals surface area contributed by atoms with Crippen LogP contribution in [-0.2, 0) is 11.3 Å². The average Bonchev–Trinajstić information content (AvgIpc) is 3.00. The SMILES string of the molecule is CC(=O)N1CCN(Cc2ccccc2)C2NC(=O)N(c3cccnc3)C21. The molecule has 4 rings (SSSR count). The highest BCUT2D eigenvalue weighted by atomic mass is 16.2. The minimum absolute atomic E-state index is 0.0373. The first kappa shape index (κ1) is 16.5. The summed E-state index contributed by atoms with van der Waals surface area (Å²) in [7, 11) is 0. The number of carbonyl (C=O) groups excluding carboxylic acids is 2. The molecule has 26 heavy (non-hydrogen) atoms. The Bertz CT molecular complexity index is 798. The zero-order valence-electron chi connectivity index (χ0n) is 14.6. The van der Waals surface area contributed by atoms with Crippen LogP contribution in [0.4, 0.5) is 10.5 Å². The molecule has 2 atom stereocenters. The molecule has 0 saturated carbocycles. The maximum Gasteiger partial charge on any atom is 0.325 e. The molecule has 2 fully saturated rings. The van der Waals surface area contributed by atoms with E-state index in [9.17, 15) is 9.59 Å². The van der Waals surface area contributed by atoms with Gasteiger partial charge in [0.05, 0.1) is 11.9 Å². The quantitative estimate of drug-likeness (QED) is 0.913. The largest absolute Gasteiger partial charge is 0.325 e. The minimum Gasteiger partial charge on any atom is -0.318 e. The fourth-order valence-corrected chi connectivity index (χ4v) is 3.73. The van der Waals surface area contributed by atoms with Crippen LogP contribution in [0, 0.1) is 0 Å². The van der Waals surface area contributed by atoms with Crippen LogP contribution in [0.25, 0.3) is 0 Å². The summed E-state index contributed by atoms with van der Waals surface area (Å²) in [6.07, 6.45) is 2.67. The van der Waals surface area contributed by atoms with Gasteiger partial charge in [0.25, 0.3) is 0 Å². The lowest BCUT2D eigenvalue weighted by Gasteiger charge is -2.45. The molecule has 7 nitrogen and oxygen atoms in total. The molecule has 2 aliphatic heterocycles. The van der Waals surface area contributed by atoms with Crippen molar-refractivity contribution < 1.29 is 9.59 Å². The minimum atomic E-state index is -0.387. The van der Waals surface area contributed by atoms with Crippen molar-refractivity contribution in [1.29, 1.82) is 0 Å². The van der Waals surface area contributed by atoms with Gasteiger partial charge in [-0.05, 0) is 17.7 Å². The molecule has 134 valence electrons. The molecule has 2 saturated heterocycles. The van der Waals surface area contributed by atoms with Crippen LogP contribution in [0.1, 0.15) is 12.5 Å². The average molecular weight is 351 g/mol. The molecule has 3 heterocycles. The molecule has 0 spiro atoms. The van der Waals surface area contributed by atoms with Gasteiger partial charge in [0.2, 0.25) is 5.91 Å². The van der Waals surface area contributed by atoms with Crippen molar-refractivity contribution in [2.24, 2.45) is 0 Å². The summed E-state index contributed by atoms with van der Waals surface area (Å²) >= 11 is 0. The van der Waals surface area contributed by atoms with E-state index in [1.165, 1.54) is 5.56 Å². The van der Waals surface area contributed by atoms with Gasteiger partial charge in [-0.15, -0.1) is 0 Å². The van der Waals surface area contributed by atoms with E-state index in [0.717, 1.165) is 6.54 Å². The van der Waals surface area contributed by atoms with Gasteiger partial charge in [-0.2, -0.15) is 0 Å². The first-order chi connectivity index (χ1) is 12.6. The second-order valence-corrected chi connectivity index (χ2v) is 6.56. The van der Waals surface area contributed by atoms with Gasteiger partial charge in [0, 0.05) is 32.8 Å². The van der Waals surface area contributed by atoms with E-state index in [1.54, 1.807) is 35.2 Å². The van der Waals surface area contributed by atoms with Crippen LogP contribution >= 0.6 is 0 Å². The molecule has 3 amide bonds. The first-order valence-corrected chi connectivity index (χ1v) is 8.70. The fourth-order valence-electron chi connectivity index (χ4n) is 3.73. The third-order valence-corrected chi connectivity index (χ3v) is 4.93. The first-order valence-electron chi connectivity index (χ1n) is 8.70. The predicted molar refractivity (Wildman–Crippen MR) is 97.1 cm³/mol. The Hall–Kier alpha value is -2.93. The Balaban J connectivity index is 1.66. The van der Waals surface area contributed by atoms with Gasteiger partial charge in [-0.3, -0.25) is 19.6 Å². The van der Waals surface area contributed by atoms with Crippen molar-refractivity contribution in [2.45, 2.75) is 25.8 Å². The predicted octanol–water partition coefficient (Wildman–Crippen LogP) is 1.63. The van der Waals surface area contributed by atoms with Crippen molar-refractivity contribution in [3.8, 4) is 0 Å². The van der Waals surface area contributed by atoms with Crippen molar-refractivity contribution in [3.63, 3.8) is 0 Å². The molecule has 2 aromatic rings. The van der Waals surface area contributed by atoms with Gasteiger partial charge in [-0.25, -0.2) is 4.79 Å². The van der Waals surface area contributed by atoms with E-state index in [-0.39, 0.29) is 24.3 Å². The number of piperazine rings is 1. The third kappa shape index (κ3) is 2.90. The number of benzene rings is 1. The summed E-state index contributed by atoms with van der Waals surface area (Å²) in [4.78, 5) is 34.7. The van der Waals surface area contributed by atoms with E-state index in [0.29, 0.717) is 18.8 Å². The maximum absolute atomic E-state index is 12.7. The number of nitrogens with one attached hydrogen (secondary N) is 1. The molecule has 7 heteroatoms. The van der Waals surface area contributed by atoms with E-state index in [2.05, 4.69) is 27.3 Å². The smallest absolute Gasteiger partial charge is 0.318 e. The number of hydrogen-bond acceptors (Lipinski definition) is 4. The van der Waals surface area contributed by atoms with E-state index in [4.69, 9.17) is 0 Å². The molecule has 2 unspecified atom stereocenters. The van der Waals surface area contributed by atoms with Crippen LogP contribution in [0.15, 0.2) is 54.9 Å². The Morgan fingerprint density at radius 3 is 2.69 bits per heavy atom. The number of rotatable bonds is 3. The lowest BCUT2D eigenvalue weighted by atomic mass is 10.1. The fraction of sp³-hybridized carbons (Fsp3) is 0.316. The number of urea groups is 1. The summed E-state index contributed by atoms with van der Waals surface area (Å²) in [5.41, 5.74) is 1.86. The highest BCUT2D eigenvalue weighted by molar-refractivity contribution is 5.96. The number of hydrogen-bond donors (Lipinski definition) is 1. The van der Waals surface area contributed by atoms with Crippen LogP contribution in [0.5, 0.6) is 0 Å². The van der Waals surface area contributed by atoms with Gasteiger partial charge in [0.1, 0.15) is 12.3 Å².